The highest BCUT2D eigenvalue weighted by Crippen LogP contribution is 2.16. The largest absolute Gasteiger partial charge is 0.322 e. The molecule has 0 bridgehead atoms. The summed E-state index contributed by atoms with van der Waals surface area (Å²) in [7, 11) is 0. The number of aryl methyl sites for hydroxylation is 1. The van der Waals surface area contributed by atoms with E-state index in [1.807, 2.05) is 19.1 Å². The molecule has 0 spiro atoms. The van der Waals surface area contributed by atoms with Crippen LogP contribution in [0.2, 0.25) is 0 Å². The summed E-state index contributed by atoms with van der Waals surface area (Å²) in [6.07, 6.45) is 1.22. The smallest absolute Gasteiger partial charge is 0.278 e. The highest BCUT2D eigenvalue weighted by atomic mass is 16.6. The highest BCUT2D eigenvalue weighted by molar-refractivity contribution is 6.05. The summed E-state index contributed by atoms with van der Waals surface area (Å²) in [4.78, 5) is 35.0. The molecular formula is C22H18N4O4. The Labute approximate surface area is 172 Å². The monoisotopic (exact) mass is 402 g/mol. The third kappa shape index (κ3) is 4.93. The van der Waals surface area contributed by atoms with Gasteiger partial charge in [0, 0.05) is 22.9 Å². The number of nitrogens with one attached hydrogen (secondary N) is 2. The molecule has 8 nitrogen and oxygen atoms in total. The molecule has 0 aliphatic carbocycles. The molecule has 2 amide bonds. The number of hydrogen-bond acceptors (Lipinski definition) is 5. The molecule has 0 heterocycles. The first kappa shape index (κ1) is 20.4. The lowest BCUT2D eigenvalue weighted by Crippen LogP contribution is -2.18. The normalized spacial score (nSPS) is 10.6. The van der Waals surface area contributed by atoms with Crippen molar-refractivity contribution < 1.29 is 14.5 Å². The van der Waals surface area contributed by atoms with Crippen LogP contribution < -0.4 is 10.7 Å². The van der Waals surface area contributed by atoms with Crippen molar-refractivity contribution in [3.63, 3.8) is 0 Å². The van der Waals surface area contributed by atoms with Gasteiger partial charge in [0.15, 0.2) is 0 Å². The van der Waals surface area contributed by atoms with Gasteiger partial charge in [-0.2, -0.15) is 5.10 Å². The third-order valence-corrected chi connectivity index (χ3v) is 4.30. The molecule has 8 heteroatoms. The average molecular weight is 402 g/mol. The average Bonchev–Trinajstić information content (AvgIpc) is 2.74. The number of hydrogen-bond donors (Lipinski definition) is 2. The van der Waals surface area contributed by atoms with Crippen molar-refractivity contribution >= 4 is 29.4 Å². The minimum atomic E-state index is -0.521. The standard InChI is InChI=1S/C22H18N4O4/c1-15-6-2-4-8-19(15)22(28)24-18-12-10-16(11-13-18)21(27)25-23-14-17-7-3-5-9-20(17)26(29)30/h2-14H,1H3,(H,24,28)(H,25,27)/b23-14+. The maximum Gasteiger partial charge on any atom is 0.278 e. The Morgan fingerprint density at radius 2 is 1.60 bits per heavy atom. The van der Waals surface area contributed by atoms with E-state index in [2.05, 4.69) is 15.8 Å². The van der Waals surface area contributed by atoms with Crippen LogP contribution in [0.5, 0.6) is 0 Å². The number of carbonyl (C=O) groups excluding carboxylic acids is 2. The van der Waals surface area contributed by atoms with Crippen molar-refractivity contribution in [1.29, 1.82) is 0 Å². The van der Waals surface area contributed by atoms with Crippen LogP contribution in [-0.2, 0) is 0 Å². The van der Waals surface area contributed by atoms with Crippen LogP contribution in [0.25, 0.3) is 0 Å². The number of nitro groups is 1. The van der Waals surface area contributed by atoms with Crippen molar-refractivity contribution in [2.75, 3.05) is 5.32 Å². The molecule has 0 unspecified atom stereocenters. The van der Waals surface area contributed by atoms with Gasteiger partial charge in [0.2, 0.25) is 0 Å². The molecule has 0 radical (unpaired) electrons. The number of nitrogens with zero attached hydrogens (tertiary/aromatic N) is 2. The summed E-state index contributed by atoms with van der Waals surface area (Å²) in [5, 5.41) is 17.5. The molecule has 30 heavy (non-hydrogen) atoms. The molecule has 0 aliphatic heterocycles. The van der Waals surface area contributed by atoms with E-state index >= 15 is 0 Å². The Morgan fingerprint density at radius 1 is 0.933 bits per heavy atom. The number of rotatable bonds is 6. The first-order valence-corrected chi connectivity index (χ1v) is 8.99. The minimum absolute atomic E-state index is 0.107. The summed E-state index contributed by atoms with van der Waals surface area (Å²) in [6.45, 7) is 1.85. The summed E-state index contributed by atoms with van der Waals surface area (Å²) in [5.41, 5.74) is 4.80. The van der Waals surface area contributed by atoms with E-state index in [1.54, 1.807) is 48.5 Å². The lowest BCUT2D eigenvalue weighted by Gasteiger charge is -2.08. The number of carbonyl (C=O) groups is 2. The van der Waals surface area contributed by atoms with Crippen LogP contribution in [-0.4, -0.2) is 23.0 Å². The first-order valence-electron chi connectivity index (χ1n) is 8.99. The lowest BCUT2D eigenvalue weighted by atomic mass is 10.1. The zero-order chi connectivity index (χ0) is 21.5. The number of anilines is 1. The second kappa shape index (κ2) is 9.24. The SMILES string of the molecule is Cc1ccccc1C(=O)Nc1ccc(C(=O)N/N=C/c2ccccc2[N+](=O)[O-])cc1. The number of nitro benzene ring substituents is 1. The summed E-state index contributed by atoms with van der Waals surface area (Å²) < 4.78 is 0. The maximum atomic E-state index is 12.3. The predicted molar refractivity (Wildman–Crippen MR) is 114 cm³/mol. The van der Waals surface area contributed by atoms with Crippen molar-refractivity contribution in [3.8, 4) is 0 Å². The quantitative estimate of drug-likeness (QED) is 0.369. The molecule has 0 fully saturated rings. The van der Waals surface area contributed by atoms with E-state index in [0.29, 0.717) is 16.8 Å². The van der Waals surface area contributed by atoms with Crippen LogP contribution >= 0.6 is 0 Å². The molecule has 0 atom stereocenters. The van der Waals surface area contributed by atoms with E-state index < -0.39 is 10.8 Å². The second-order valence-corrected chi connectivity index (χ2v) is 6.36. The Balaban J connectivity index is 1.62. The van der Waals surface area contributed by atoms with E-state index in [9.17, 15) is 19.7 Å². The van der Waals surface area contributed by atoms with Gasteiger partial charge in [0.05, 0.1) is 16.7 Å². The zero-order valence-electron chi connectivity index (χ0n) is 16.0. The van der Waals surface area contributed by atoms with Gasteiger partial charge in [0.25, 0.3) is 17.5 Å². The summed E-state index contributed by atoms with van der Waals surface area (Å²) >= 11 is 0. The van der Waals surface area contributed by atoms with Crippen molar-refractivity contribution in [2.45, 2.75) is 6.92 Å². The van der Waals surface area contributed by atoms with Crippen molar-refractivity contribution in [3.05, 3.63) is 105 Å². The maximum absolute atomic E-state index is 12.3. The van der Waals surface area contributed by atoms with E-state index in [4.69, 9.17) is 0 Å². The fraction of sp³-hybridized carbons (Fsp3) is 0.0455. The van der Waals surface area contributed by atoms with Crippen molar-refractivity contribution in [2.24, 2.45) is 5.10 Å². The third-order valence-electron chi connectivity index (χ3n) is 4.30. The molecule has 3 rings (SSSR count). The van der Waals surface area contributed by atoms with Crippen LogP contribution in [0, 0.1) is 17.0 Å². The first-order chi connectivity index (χ1) is 14.5. The molecule has 3 aromatic carbocycles. The fourth-order valence-electron chi connectivity index (χ4n) is 2.72. The van der Waals surface area contributed by atoms with Crippen molar-refractivity contribution in [1.82, 2.24) is 5.43 Å². The van der Waals surface area contributed by atoms with Crippen LogP contribution in [0.15, 0.2) is 77.9 Å². The Hall–Kier alpha value is -4.33. The Morgan fingerprint density at radius 3 is 2.30 bits per heavy atom. The molecular weight excluding hydrogens is 384 g/mol. The van der Waals surface area contributed by atoms with Gasteiger partial charge in [-0.1, -0.05) is 30.3 Å². The minimum Gasteiger partial charge on any atom is -0.322 e. The number of benzene rings is 3. The molecule has 3 aromatic rings. The van der Waals surface area contributed by atoms with Gasteiger partial charge in [-0.15, -0.1) is 0 Å². The summed E-state index contributed by atoms with van der Waals surface area (Å²) in [6, 6.07) is 19.6. The zero-order valence-corrected chi connectivity index (χ0v) is 16.0. The molecule has 0 aliphatic rings. The lowest BCUT2D eigenvalue weighted by molar-refractivity contribution is -0.385. The van der Waals surface area contributed by atoms with Gasteiger partial charge >= 0.3 is 0 Å². The Bertz CT molecular complexity index is 1120. The number of hydrazone groups is 1. The number of amides is 2. The molecule has 0 saturated heterocycles. The molecule has 0 saturated carbocycles. The van der Waals surface area contributed by atoms with Crippen LogP contribution in [0.1, 0.15) is 31.8 Å². The Kier molecular flexibility index (Phi) is 6.29. The van der Waals surface area contributed by atoms with Crippen LogP contribution in [0.4, 0.5) is 11.4 Å². The molecule has 2 N–H and O–H groups in total. The highest BCUT2D eigenvalue weighted by Gasteiger charge is 2.11. The predicted octanol–water partition coefficient (Wildman–Crippen LogP) is 3.92. The second-order valence-electron chi connectivity index (χ2n) is 6.36. The van der Waals surface area contributed by atoms with E-state index in [0.717, 1.165) is 5.56 Å². The van der Waals surface area contributed by atoms with Gasteiger partial charge in [0.1, 0.15) is 0 Å². The van der Waals surface area contributed by atoms with Crippen LogP contribution in [0.3, 0.4) is 0 Å². The molecule has 0 aromatic heterocycles. The van der Waals surface area contributed by atoms with E-state index in [1.165, 1.54) is 18.3 Å². The summed E-state index contributed by atoms with van der Waals surface area (Å²) in [5.74, 6) is -0.721. The number of para-hydroxylation sites is 1. The van der Waals surface area contributed by atoms with Gasteiger partial charge in [-0.25, -0.2) is 5.43 Å². The topological polar surface area (TPSA) is 114 Å². The van der Waals surface area contributed by atoms with Gasteiger partial charge in [-0.3, -0.25) is 19.7 Å². The molecule has 150 valence electrons. The van der Waals surface area contributed by atoms with Gasteiger partial charge < -0.3 is 5.32 Å². The fourth-order valence-corrected chi connectivity index (χ4v) is 2.72. The van der Waals surface area contributed by atoms with E-state index in [-0.39, 0.29) is 17.2 Å². The van der Waals surface area contributed by atoms with Gasteiger partial charge in [-0.05, 0) is 48.9 Å².